The molecule has 0 amide bonds. The van der Waals surface area contributed by atoms with Crippen molar-refractivity contribution in [2.75, 3.05) is 11.9 Å². The maximum atomic E-state index is 13.9. The van der Waals surface area contributed by atoms with E-state index in [0.717, 1.165) is 17.9 Å². The molecule has 19 heavy (non-hydrogen) atoms. The fraction of sp³-hybridized carbons (Fsp3) is 0.357. The smallest absolute Gasteiger partial charge is 0.131 e. The third kappa shape index (κ3) is 1.99. The molecule has 1 atom stereocenters. The third-order valence-corrected chi connectivity index (χ3v) is 3.50. The Labute approximate surface area is 110 Å². The minimum absolute atomic E-state index is 0.107. The molecule has 0 fully saturated rings. The number of fused-ring (bicyclic) bond motifs is 1. The molecular weight excluding hydrogens is 248 g/mol. The second-order valence-corrected chi connectivity index (χ2v) is 4.69. The normalized spacial score (nSPS) is 17.9. The molecule has 0 radical (unpaired) electrons. The lowest BCUT2D eigenvalue weighted by Crippen LogP contribution is -2.25. The van der Waals surface area contributed by atoms with E-state index in [4.69, 9.17) is 0 Å². The van der Waals surface area contributed by atoms with Crippen LogP contribution in [0.15, 0.2) is 24.3 Å². The predicted molar refractivity (Wildman–Crippen MR) is 69.2 cm³/mol. The molecule has 0 bridgehead atoms. The maximum Gasteiger partial charge on any atom is 0.131 e. The number of nitrogens with one attached hydrogen (secondary N) is 1. The molecule has 3 rings (SSSR count). The molecule has 1 N–H and O–H groups in total. The first kappa shape index (κ1) is 12.1. The van der Waals surface area contributed by atoms with E-state index in [1.54, 1.807) is 4.68 Å². The van der Waals surface area contributed by atoms with Crippen molar-refractivity contribution in [1.82, 2.24) is 9.78 Å². The zero-order chi connectivity index (χ0) is 13.4. The van der Waals surface area contributed by atoms with E-state index in [9.17, 15) is 8.78 Å². The quantitative estimate of drug-likeness (QED) is 0.902. The molecule has 1 unspecified atom stereocenters. The highest BCUT2D eigenvalue weighted by Gasteiger charge is 2.27. The van der Waals surface area contributed by atoms with Crippen LogP contribution in [0.2, 0.25) is 0 Å². The summed E-state index contributed by atoms with van der Waals surface area (Å²) in [6.07, 6.45) is 1.42. The van der Waals surface area contributed by atoms with Crippen LogP contribution in [0.4, 0.5) is 14.6 Å². The third-order valence-electron chi connectivity index (χ3n) is 3.50. The van der Waals surface area contributed by atoms with E-state index >= 15 is 0 Å². The van der Waals surface area contributed by atoms with Gasteiger partial charge in [0.2, 0.25) is 0 Å². The fourth-order valence-electron chi connectivity index (χ4n) is 2.54. The van der Waals surface area contributed by atoms with E-state index in [-0.39, 0.29) is 11.6 Å². The first-order valence-corrected chi connectivity index (χ1v) is 6.47. The van der Waals surface area contributed by atoms with Gasteiger partial charge in [-0.3, -0.25) is 0 Å². The molecule has 2 heterocycles. The van der Waals surface area contributed by atoms with Crippen LogP contribution in [-0.4, -0.2) is 16.3 Å². The van der Waals surface area contributed by atoms with Crippen LogP contribution in [0.3, 0.4) is 0 Å². The maximum absolute atomic E-state index is 13.9. The number of rotatable bonds is 2. The first-order chi connectivity index (χ1) is 9.20. The van der Waals surface area contributed by atoms with Gasteiger partial charge in [0.15, 0.2) is 0 Å². The van der Waals surface area contributed by atoms with Gasteiger partial charge in [-0.1, -0.05) is 13.0 Å². The summed E-state index contributed by atoms with van der Waals surface area (Å²) in [7, 11) is 0. The van der Waals surface area contributed by atoms with Crippen molar-refractivity contribution in [3.8, 4) is 0 Å². The van der Waals surface area contributed by atoms with Gasteiger partial charge < -0.3 is 5.32 Å². The lowest BCUT2D eigenvalue weighted by atomic mass is 10.0. The SMILES string of the molecule is CCc1cc2n(n1)C(c1c(F)cccc1F)CCN2. The van der Waals surface area contributed by atoms with E-state index in [1.165, 1.54) is 18.2 Å². The van der Waals surface area contributed by atoms with Gasteiger partial charge in [-0.25, -0.2) is 13.5 Å². The lowest BCUT2D eigenvalue weighted by Gasteiger charge is -2.26. The van der Waals surface area contributed by atoms with Gasteiger partial charge >= 0.3 is 0 Å². The number of halogens is 2. The molecule has 1 aliphatic rings. The van der Waals surface area contributed by atoms with Crippen molar-refractivity contribution >= 4 is 5.82 Å². The van der Waals surface area contributed by atoms with E-state index < -0.39 is 11.6 Å². The van der Waals surface area contributed by atoms with Crippen molar-refractivity contribution in [3.63, 3.8) is 0 Å². The Bertz CT molecular complexity index is 586. The fourth-order valence-corrected chi connectivity index (χ4v) is 2.54. The van der Waals surface area contributed by atoms with Crippen molar-refractivity contribution in [2.45, 2.75) is 25.8 Å². The Hall–Kier alpha value is -1.91. The Morgan fingerprint density at radius 1 is 1.37 bits per heavy atom. The molecule has 1 aromatic heterocycles. The van der Waals surface area contributed by atoms with E-state index in [2.05, 4.69) is 10.4 Å². The zero-order valence-corrected chi connectivity index (χ0v) is 10.7. The second kappa shape index (κ2) is 4.64. The van der Waals surface area contributed by atoms with Crippen LogP contribution in [0.5, 0.6) is 0 Å². The number of benzene rings is 1. The molecule has 1 aliphatic heterocycles. The van der Waals surface area contributed by atoms with Crippen molar-refractivity contribution < 1.29 is 8.78 Å². The van der Waals surface area contributed by atoms with Crippen molar-refractivity contribution in [2.24, 2.45) is 0 Å². The predicted octanol–water partition coefficient (Wildman–Crippen LogP) is 3.13. The Morgan fingerprint density at radius 2 is 2.11 bits per heavy atom. The van der Waals surface area contributed by atoms with Gasteiger partial charge in [-0.05, 0) is 25.0 Å². The topological polar surface area (TPSA) is 29.9 Å². The van der Waals surface area contributed by atoms with Gasteiger partial charge in [0.25, 0.3) is 0 Å². The summed E-state index contributed by atoms with van der Waals surface area (Å²) < 4.78 is 29.5. The van der Waals surface area contributed by atoms with E-state index in [1.807, 2.05) is 13.0 Å². The molecule has 5 heteroatoms. The highest BCUT2D eigenvalue weighted by atomic mass is 19.1. The number of aryl methyl sites for hydroxylation is 1. The van der Waals surface area contributed by atoms with Crippen molar-refractivity contribution in [1.29, 1.82) is 0 Å². The summed E-state index contributed by atoms with van der Waals surface area (Å²) in [5.41, 5.74) is 1.03. The van der Waals surface area contributed by atoms with E-state index in [0.29, 0.717) is 13.0 Å². The van der Waals surface area contributed by atoms with Gasteiger partial charge in [0.05, 0.1) is 11.7 Å². The molecule has 1 aromatic carbocycles. The number of aromatic nitrogens is 2. The van der Waals surface area contributed by atoms with Crippen LogP contribution in [-0.2, 0) is 6.42 Å². The molecule has 100 valence electrons. The van der Waals surface area contributed by atoms with Crippen molar-refractivity contribution in [3.05, 3.63) is 47.2 Å². The Kier molecular flexibility index (Phi) is 2.97. The van der Waals surface area contributed by atoms with Crippen LogP contribution in [0.1, 0.15) is 30.6 Å². The summed E-state index contributed by atoms with van der Waals surface area (Å²) in [5.74, 6) is -0.187. The average Bonchev–Trinajstić information content (AvgIpc) is 2.82. The van der Waals surface area contributed by atoms with Crippen LogP contribution in [0, 0.1) is 11.6 Å². The summed E-state index contributed by atoms with van der Waals surface area (Å²) in [6, 6.07) is 5.54. The van der Waals surface area contributed by atoms with Crippen LogP contribution in [0.25, 0.3) is 0 Å². The molecule has 0 spiro atoms. The minimum atomic E-state index is -0.508. The zero-order valence-electron chi connectivity index (χ0n) is 10.7. The summed E-state index contributed by atoms with van der Waals surface area (Å²) in [4.78, 5) is 0. The average molecular weight is 263 g/mol. The summed E-state index contributed by atoms with van der Waals surface area (Å²) >= 11 is 0. The monoisotopic (exact) mass is 263 g/mol. The molecule has 0 saturated heterocycles. The highest BCUT2D eigenvalue weighted by Crippen LogP contribution is 2.32. The molecule has 2 aromatic rings. The van der Waals surface area contributed by atoms with Crippen LogP contribution < -0.4 is 5.32 Å². The van der Waals surface area contributed by atoms with Gasteiger partial charge in [-0.2, -0.15) is 5.10 Å². The number of hydrogen-bond acceptors (Lipinski definition) is 2. The van der Waals surface area contributed by atoms with Crippen LogP contribution >= 0.6 is 0 Å². The standard InChI is InChI=1S/C14H15F2N3/c1-2-9-8-13-17-7-6-12(19(13)18-9)14-10(15)4-3-5-11(14)16/h3-5,8,12,17H,2,6-7H2,1H3. The lowest BCUT2D eigenvalue weighted by molar-refractivity contribution is 0.431. The molecule has 0 saturated carbocycles. The second-order valence-electron chi connectivity index (χ2n) is 4.69. The summed E-state index contributed by atoms with van der Waals surface area (Å²) in [5, 5.41) is 7.64. The van der Waals surface area contributed by atoms with Gasteiger partial charge in [0, 0.05) is 18.2 Å². The largest absolute Gasteiger partial charge is 0.370 e. The number of anilines is 1. The van der Waals surface area contributed by atoms with Gasteiger partial charge in [0.1, 0.15) is 17.5 Å². The molecular formula is C14H15F2N3. The minimum Gasteiger partial charge on any atom is -0.370 e. The number of hydrogen-bond donors (Lipinski definition) is 1. The number of nitrogens with zero attached hydrogens (tertiary/aromatic N) is 2. The molecule has 3 nitrogen and oxygen atoms in total. The van der Waals surface area contributed by atoms with Gasteiger partial charge in [-0.15, -0.1) is 0 Å². The Balaban J connectivity index is 2.10. The highest BCUT2D eigenvalue weighted by molar-refractivity contribution is 5.41. The summed E-state index contributed by atoms with van der Waals surface area (Å²) in [6.45, 7) is 2.69. The Morgan fingerprint density at radius 3 is 2.79 bits per heavy atom. The first-order valence-electron chi connectivity index (χ1n) is 6.47. The molecule has 0 aliphatic carbocycles.